The highest BCUT2D eigenvalue weighted by Gasteiger charge is 2.42. The summed E-state index contributed by atoms with van der Waals surface area (Å²) < 4.78 is 6.21. The van der Waals surface area contributed by atoms with Crippen LogP contribution < -0.4 is 5.43 Å². The molecular formula is C28H27N3O5. The van der Waals surface area contributed by atoms with Crippen molar-refractivity contribution in [3.8, 4) is 0 Å². The number of carbonyl (C=O) groups is 1. The third-order valence-electron chi connectivity index (χ3n) is 7.05. The van der Waals surface area contributed by atoms with E-state index in [1.54, 1.807) is 23.1 Å². The molecule has 1 unspecified atom stereocenters. The molecular weight excluding hydrogens is 458 g/mol. The minimum atomic E-state index is -0.669. The molecule has 1 amide bonds. The zero-order valence-corrected chi connectivity index (χ0v) is 20.3. The Bertz CT molecular complexity index is 1520. The molecule has 0 bridgehead atoms. The number of amides is 1. The van der Waals surface area contributed by atoms with Gasteiger partial charge in [0, 0.05) is 24.1 Å². The first-order valence-electron chi connectivity index (χ1n) is 12.2. The summed E-state index contributed by atoms with van der Waals surface area (Å²) in [6, 6.07) is 16.6. The largest absolute Gasteiger partial charge is 0.450 e. The molecule has 2 heterocycles. The Hall–Kier alpha value is -4.04. The average Bonchev–Trinajstić information content (AvgIpc) is 3.18. The summed E-state index contributed by atoms with van der Waals surface area (Å²) in [6.45, 7) is 7.26. The Morgan fingerprint density at radius 1 is 0.972 bits per heavy atom. The number of rotatable bonds is 8. The van der Waals surface area contributed by atoms with Gasteiger partial charge in [0.1, 0.15) is 5.58 Å². The van der Waals surface area contributed by atoms with Crippen LogP contribution in [-0.2, 0) is 0 Å². The summed E-state index contributed by atoms with van der Waals surface area (Å²) >= 11 is 0. The molecule has 1 atom stereocenters. The van der Waals surface area contributed by atoms with Crippen molar-refractivity contribution in [3.63, 3.8) is 0 Å². The molecule has 0 saturated carbocycles. The first-order valence-corrected chi connectivity index (χ1v) is 12.2. The summed E-state index contributed by atoms with van der Waals surface area (Å²) in [5.41, 5.74) is 1.04. The van der Waals surface area contributed by atoms with Crippen LogP contribution in [0.5, 0.6) is 0 Å². The maximum Gasteiger partial charge on any atom is 0.290 e. The number of benzene rings is 3. The Morgan fingerprint density at radius 2 is 1.69 bits per heavy atom. The Labute approximate surface area is 207 Å². The van der Waals surface area contributed by atoms with Crippen LogP contribution in [0.15, 0.2) is 69.9 Å². The summed E-state index contributed by atoms with van der Waals surface area (Å²) in [5, 5.41) is 13.3. The third-order valence-corrected chi connectivity index (χ3v) is 7.05. The molecule has 3 aromatic carbocycles. The van der Waals surface area contributed by atoms with E-state index in [9.17, 15) is 19.7 Å². The van der Waals surface area contributed by atoms with Gasteiger partial charge >= 0.3 is 0 Å². The zero-order valence-electron chi connectivity index (χ0n) is 20.3. The lowest BCUT2D eigenvalue weighted by Crippen LogP contribution is -2.33. The van der Waals surface area contributed by atoms with E-state index in [1.807, 2.05) is 30.3 Å². The average molecular weight is 486 g/mol. The number of carbonyl (C=O) groups excluding carboxylic acids is 1. The van der Waals surface area contributed by atoms with Crippen molar-refractivity contribution in [1.82, 2.24) is 9.80 Å². The van der Waals surface area contributed by atoms with Crippen LogP contribution in [0.2, 0.25) is 0 Å². The van der Waals surface area contributed by atoms with E-state index in [0.717, 1.165) is 36.8 Å². The quantitative estimate of drug-likeness (QED) is 0.195. The number of hydrogen-bond donors (Lipinski definition) is 0. The third kappa shape index (κ3) is 3.93. The number of nitro benzene ring substituents is 1. The predicted octanol–water partition coefficient (Wildman–Crippen LogP) is 5.13. The molecule has 0 radical (unpaired) electrons. The SMILES string of the molecule is CCN(CC)CCCN1C(=O)c2oc3c(ccc4ccccc43)c(=O)c2C1c1ccc([N+](=O)[O-])cc1. The fourth-order valence-electron chi connectivity index (χ4n) is 5.11. The van der Waals surface area contributed by atoms with Crippen molar-refractivity contribution < 1.29 is 14.1 Å². The molecule has 5 rings (SSSR count). The number of nitro groups is 1. The van der Waals surface area contributed by atoms with Crippen LogP contribution in [0.3, 0.4) is 0 Å². The highest BCUT2D eigenvalue weighted by Crippen LogP contribution is 2.39. The maximum absolute atomic E-state index is 13.8. The normalized spacial score (nSPS) is 15.2. The van der Waals surface area contributed by atoms with Gasteiger partial charge in [0.15, 0.2) is 5.43 Å². The van der Waals surface area contributed by atoms with Crippen molar-refractivity contribution in [2.45, 2.75) is 26.3 Å². The van der Waals surface area contributed by atoms with Gasteiger partial charge in [-0.05, 0) is 55.2 Å². The van der Waals surface area contributed by atoms with Crippen molar-refractivity contribution in [3.05, 3.63) is 97.9 Å². The van der Waals surface area contributed by atoms with Crippen LogP contribution in [0.25, 0.3) is 21.7 Å². The molecule has 1 aromatic heterocycles. The van der Waals surface area contributed by atoms with Gasteiger partial charge in [0.05, 0.1) is 21.9 Å². The lowest BCUT2D eigenvalue weighted by Gasteiger charge is -2.26. The molecule has 36 heavy (non-hydrogen) atoms. The molecule has 0 spiro atoms. The van der Waals surface area contributed by atoms with Crippen LogP contribution >= 0.6 is 0 Å². The van der Waals surface area contributed by atoms with Crippen molar-refractivity contribution in [1.29, 1.82) is 0 Å². The van der Waals surface area contributed by atoms with Gasteiger partial charge in [-0.15, -0.1) is 0 Å². The van der Waals surface area contributed by atoms with Gasteiger partial charge in [0.25, 0.3) is 11.6 Å². The van der Waals surface area contributed by atoms with E-state index < -0.39 is 11.0 Å². The summed E-state index contributed by atoms with van der Waals surface area (Å²) in [7, 11) is 0. The van der Waals surface area contributed by atoms with Gasteiger partial charge in [-0.25, -0.2) is 0 Å². The second-order valence-corrected chi connectivity index (χ2v) is 8.97. The van der Waals surface area contributed by atoms with Crippen LogP contribution in [0.4, 0.5) is 5.69 Å². The van der Waals surface area contributed by atoms with E-state index >= 15 is 0 Å². The minimum absolute atomic E-state index is 0.0478. The fourth-order valence-corrected chi connectivity index (χ4v) is 5.11. The lowest BCUT2D eigenvalue weighted by molar-refractivity contribution is -0.384. The van der Waals surface area contributed by atoms with Gasteiger partial charge in [-0.3, -0.25) is 19.7 Å². The first-order chi connectivity index (χ1) is 17.4. The van der Waals surface area contributed by atoms with E-state index in [1.165, 1.54) is 12.1 Å². The second kappa shape index (κ2) is 9.54. The Morgan fingerprint density at radius 3 is 2.39 bits per heavy atom. The van der Waals surface area contributed by atoms with Crippen LogP contribution in [0, 0.1) is 10.1 Å². The Kier molecular flexibility index (Phi) is 6.28. The Balaban J connectivity index is 1.65. The number of nitrogens with zero attached hydrogens (tertiary/aromatic N) is 3. The molecule has 0 fully saturated rings. The molecule has 184 valence electrons. The zero-order chi connectivity index (χ0) is 25.4. The second-order valence-electron chi connectivity index (χ2n) is 8.97. The molecule has 0 aliphatic carbocycles. The molecule has 1 aliphatic rings. The highest BCUT2D eigenvalue weighted by molar-refractivity contribution is 6.06. The van der Waals surface area contributed by atoms with E-state index in [2.05, 4.69) is 18.7 Å². The van der Waals surface area contributed by atoms with Crippen molar-refractivity contribution in [2.24, 2.45) is 0 Å². The first kappa shape index (κ1) is 23.7. The standard InChI is InChI=1S/C28H27N3O5/c1-3-29(4-2)16-7-17-30-24(19-10-13-20(14-11-19)31(34)35)23-25(32)22-15-12-18-8-5-6-9-21(18)26(22)36-27(23)28(30)33/h5-6,8-15,24H,3-4,7,16-17H2,1-2H3. The van der Waals surface area contributed by atoms with Crippen molar-refractivity contribution >= 4 is 33.3 Å². The fraction of sp³-hybridized carbons (Fsp3) is 0.286. The maximum atomic E-state index is 13.8. The van der Waals surface area contributed by atoms with Crippen LogP contribution in [-0.4, -0.2) is 46.8 Å². The van der Waals surface area contributed by atoms with E-state index in [-0.39, 0.29) is 22.8 Å². The molecule has 8 nitrogen and oxygen atoms in total. The number of fused-ring (bicyclic) bond motifs is 4. The number of non-ortho nitro benzene ring substituents is 1. The van der Waals surface area contributed by atoms with Gasteiger partial charge in [-0.1, -0.05) is 44.2 Å². The molecule has 1 aliphatic heterocycles. The van der Waals surface area contributed by atoms with E-state index in [4.69, 9.17) is 4.42 Å². The topological polar surface area (TPSA) is 96.9 Å². The summed E-state index contributed by atoms with van der Waals surface area (Å²) in [6.07, 6.45) is 0.724. The summed E-state index contributed by atoms with van der Waals surface area (Å²) in [4.78, 5) is 42.2. The van der Waals surface area contributed by atoms with Crippen molar-refractivity contribution in [2.75, 3.05) is 26.2 Å². The van der Waals surface area contributed by atoms with Crippen LogP contribution in [0.1, 0.15) is 48.0 Å². The van der Waals surface area contributed by atoms with Gasteiger partial charge in [0.2, 0.25) is 5.76 Å². The van der Waals surface area contributed by atoms with Gasteiger partial charge < -0.3 is 14.2 Å². The summed E-state index contributed by atoms with van der Waals surface area (Å²) in [5.74, 6) is -0.283. The predicted molar refractivity (Wildman–Crippen MR) is 138 cm³/mol. The minimum Gasteiger partial charge on any atom is -0.450 e. The van der Waals surface area contributed by atoms with Gasteiger partial charge in [-0.2, -0.15) is 0 Å². The lowest BCUT2D eigenvalue weighted by atomic mass is 9.97. The molecule has 0 N–H and O–H groups in total. The molecule has 8 heteroatoms. The molecule has 4 aromatic rings. The van der Waals surface area contributed by atoms with E-state index in [0.29, 0.717) is 28.6 Å². The monoisotopic (exact) mass is 485 g/mol. The molecule has 0 saturated heterocycles. The smallest absolute Gasteiger partial charge is 0.290 e. The number of hydrogen-bond acceptors (Lipinski definition) is 6. The highest BCUT2D eigenvalue weighted by atomic mass is 16.6.